The van der Waals surface area contributed by atoms with Gasteiger partial charge < -0.3 is 0 Å². The second kappa shape index (κ2) is 3.35. The van der Waals surface area contributed by atoms with E-state index < -0.39 is 0 Å². The largest absolute Gasteiger partial charge is 0.0584 e. The Hall–Kier alpha value is -1.56. The van der Waals surface area contributed by atoms with E-state index in [1.807, 2.05) is 0 Å². The molecule has 7 rings (SSSR count). The van der Waals surface area contributed by atoms with Crippen LogP contribution in [-0.2, 0) is 25.7 Å². The van der Waals surface area contributed by atoms with Crippen LogP contribution >= 0.6 is 0 Å². The maximum Gasteiger partial charge on any atom is 0.0141 e. The van der Waals surface area contributed by atoms with Crippen molar-refractivity contribution in [3.05, 3.63) is 57.6 Å². The van der Waals surface area contributed by atoms with Crippen LogP contribution in [0.3, 0.4) is 0 Å². The van der Waals surface area contributed by atoms with Crippen LogP contribution in [0.2, 0.25) is 0 Å². The Balaban J connectivity index is 1.70. The van der Waals surface area contributed by atoms with Crippen LogP contribution < -0.4 is 0 Å². The predicted molar refractivity (Wildman–Crippen MR) is 88.2 cm³/mol. The molecule has 0 aromatic heterocycles. The summed E-state index contributed by atoms with van der Waals surface area (Å²) in [7, 11) is 0. The SMILES string of the molecule is c1cc2c3c4c1CCc1ccc5c(c1-4)C3C1C(CCC1C5)C2. The first-order valence-corrected chi connectivity index (χ1v) is 9.20. The Labute approximate surface area is 131 Å². The second-order valence-corrected chi connectivity index (χ2v) is 8.41. The van der Waals surface area contributed by atoms with Crippen molar-refractivity contribution in [2.24, 2.45) is 17.8 Å². The quantitative estimate of drug-likeness (QED) is 0.660. The molecule has 0 heterocycles. The summed E-state index contributed by atoms with van der Waals surface area (Å²) in [4.78, 5) is 0. The lowest BCUT2D eigenvalue weighted by Gasteiger charge is -2.41. The van der Waals surface area contributed by atoms with Crippen molar-refractivity contribution in [2.45, 2.75) is 44.4 Å². The van der Waals surface area contributed by atoms with Gasteiger partial charge in [-0.2, -0.15) is 0 Å². The average Bonchev–Trinajstić information content (AvgIpc) is 3.12. The Kier molecular flexibility index (Phi) is 1.68. The first-order chi connectivity index (χ1) is 10.9. The summed E-state index contributed by atoms with van der Waals surface area (Å²) < 4.78 is 0. The number of hydrogen-bond donors (Lipinski definition) is 0. The summed E-state index contributed by atoms with van der Waals surface area (Å²) in [6, 6.07) is 9.95. The fourth-order valence-electron chi connectivity index (χ4n) is 7.07. The maximum absolute atomic E-state index is 2.50. The minimum atomic E-state index is 0.785. The minimum Gasteiger partial charge on any atom is -0.0584 e. The van der Waals surface area contributed by atoms with Gasteiger partial charge in [-0.05, 0) is 101 Å². The van der Waals surface area contributed by atoms with Crippen LogP contribution in [-0.4, -0.2) is 0 Å². The van der Waals surface area contributed by atoms with Crippen LogP contribution in [0.15, 0.2) is 24.3 Å². The third kappa shape index (κ3) is 1.01. The molecule has 2 atom stereocenters. The van der Waals surface area contributed by atoms with Gasteiger partial charge in [0.2, 0.25) is 0 Å². The van der Waals surface area contributed by atoms with Crippen molar-refractivity contribution in [3.8, 4) is 11.1 Å². The molecule has 1 saturated carbocycles. The molecule has 0 aliphatic heterocycles. The molecule has 2 aromatic carbocycles. The van der Waals surface area contributed by atoms with Crippen molar-refractivity contribution in [2.75, 3.05) is 0 Å². The summed E-state index contributed by atoms with van der Waals surface area (Å²) in [5.74, 6) is 3.71. The maximum atomic E-state index is 2.50. The zero-order chi connectivity index (χ0) is 14.0. The zero-order valence-corrected chi connectivity index (χ0v) is 12.9. The van der Waals surface area contributed by atoms with Gasteiger partial charge in [0.1, 0.15) is 0 Å². The molecule has 0 nitrogen and oxygen atoms in total. The zero-order valence-electron chi connectivity index (χ0n) is 12.9. The molecule has 0 bridgehead atoms. The van der Waals surface area contributed by atoms with Crippen LogP contribution in [0.1, 0.15) is 52.1 Å². The standard InChI is InChI=1S/C22H20/c1-2-12-4-6-16-10-14-8-7-13-9-15-5-3-11(1)18-19(12)21(16)22(17(13)14)20(15)18/h3-6,13-14,17,22H,1-2,7-10H2. The van der Waals surface area contributed by atoms with Gasteiger partial charge in [-0.3, -0.25) is 0 Å². The molecule has 0 saturated heterocycles. The molecule has 0 N–H and O–H groups in total. The first kappa shape index (κ1) is 11.0. The van der Waals surface area contributed by atoms with Crippen LogP contribution in [0, 0.1) is 17.8 Å². The number of aryl methyl sites for hydroxylation is 2. The number of hydrogen-bond acceptors (Lipinski definition) is 0. The van der Waals surface area contributed by atoms with E-state index in [1.54, 1.807) is 44.5 Å². The van der Waals surface area contributed by atoms with E-state index in [4.69, 9.17) is 0 Å². The molecule has 5 aliphatic carbocycles. The molecular weight excluding hydrogens is 264 g/mol. The highest BCUT2D eigenvalue weighted by atomic mass is 14.6. The van der Waals surface area contributed by atoms with Crippen molar-refractivity contribution < 1.29 is 0 Å². The Morgan fingerprint density at radius 3 is 1.68 bits per heavy atom. The fraction of sp³-hybridized carbons (Fsp3) is 0.455. The lowest BCUT2D eigenvalue weighted by molar-refractivity contribution is 0.247. The molecule has 0 spiro atoms. The van der Waals surface area contributed by atoms with Crippen molar-refractivity contribution in [3.63, 3.8) is 0 Å². The molecule has 0 radical (unpaired) electrons. The van der Waals surface area contributed by atoms with Crippen LogP contribution in [0.25, 0.3) is 11.1 Å². The van der Waals surface area contributed by atoms with E-state index >= 15 is 0 Å². The van der Waals surface area contributed by atoms with Gasteiger partial charge in [0.15, 0.2) is 0 Å². The van der Waals surface area contributed by atoms with Gasteiger partial charge in [-0.15, -0.1) is 0 Å². The topological polar surface area (TPSA) is 0 Å². The van der Waals surface area contributed by atoms with E-state index in [0.29, 0.717) is 0 Å². The first-order valence-electron chi connectivity index (χ1n) is 9.20. The van der Waals surface area contributed by atoms with Gasteiger partial charge in [-0.1, -0.05) is 24.3 Å². The molecule has 0 amide bonds. The molecular formula is C22H20. The molecule has 5 aliphatic rings. The highest BCUT2D eigenvalue weighted by molar-refractivity contribution is 5.88. The molecule has 2 aromatic rings. The van der Waals surface area contributed by atoms with E-state index in [0.717, 1.165) is 23.7 Å². The monoisotopic (exact) mass is 284 g/mol. The highest BCUT2D eigenvalue weighted by Gasteiger charge is 2.53. The number of rotatable bonds is 0. The smallest absolute Gasteiger partial charge is 0.0141 e. The average molecular weight is 284 g/mol. The molecule has 1 fully saturated rings. The van der Waals surface area contributed by atoms with Gasteiger partial charge in [-0.25, -0.2) is 0 Å². The summed E-state index contributed by atoms with van der Waals surface area (Å²) in [5.41, 5.74) is 13.8. The highest BCUT2D eigenvalue weighted by Crippen LogP contribution is 2.65. The number of benzene rings is 2. The van der Waals surface area contributed by atoms with Gasteiger partial charge in [0.25, 0.3) is 0 Å². The molecule has 2 unspecified atom stereocenters. The van der Waals surface area contributed by atoms with Crippen molar-refractivity contribution >= 4 is 0 Å². The Bertz CT molecular complexity index is 801. The Morgan fingerprint density at radius 2 is 1.14 bits per heavy atom. The van der Waals surface area contributed by atoms with Gasteiger partial charge >= 0.3 is 0 Å². The fourth-order valence-corrected chi connectivity index (χ4v) is 7.07. The molecule has 22 heavy (non-hydrogen) atoms. The summed E-state index contributed by atoms with van der Waals surface area (Å²) >= 11 is 0. The van der Waals surface area contributed by atoms with Crippen LogP contribution in [0.5, 0.6) is 0 Å². The Morgan fingerprint density at radius 1 is 0.636 bits per heavy atom. The normalized spacial score (nSPS) is 34.2. The lowest BCUT2D eigenvalue weighted by Crippen LogP contribution is -2.33. The van der Waals surface area contributed by atoms with Gasteiger partial charge in [0.05, 0.1) is 0 Å². The van der Waals surface area contributed by atoms with E-state index in [2.05, 4.69) is 24.3 Å². The summed E-state index contributed by atoms with van der Waals surface area (Å²) in [5, 5.41) is 0. The van der Waals surface area contributed by atoms with Gasteiger partial charge in [0, 0.05) is 5.92 Å². The second-order valence-electron chi connectivity index (χ2n) is 8.41. The molecule has 0 heteroatoms. The minimum absolute atomic E-state index is 0.785. The summed E-state index contributed by atoms with van der Waals surface area (Å²) in [6.45, 7) is 0. The van der Waals surface area contributed by atoms with Crippen molar-refractivity contribution in [1.82, 2.24) is 0 Å². The van der Waals surface area contributed by atoms with E-state index in [-0.39, 0.29) is 0 Å². The predicted octanol–water partition coefficient (Wildman–Crippen LogP) is 4.65. The summed E-state index contributed by atoms with van der Waals surface area (Å²) in [6.07, 6.45) is 8.24. The van der Waals surface area contributed by atoms with E-state index in [1.165, 1.54) is 38.5 Å². The third-order valence-electron chi connectivity index (χ3n) is 7.73. The molecule has 108 valence electrons. The lowest BCUT2D eigenvalue weighted by atomic mass is 9.62. The van der Waals surface area contributed by atoms with Crippen LogP contribution in [0.4, 0.5) is 0 Å². The van der Waals surface area contributed by atoms with E-state index in [9.17, 15) is 0 Å². The third-order valence-corrected chi connectivity index (χ3v) is 7.73. The van der Waals surface area contributed by atoms with Crippen molar-refractivity contribution in [1.29, 1.82) is 0 Å².